The fourth-order valence-corrected chi connectivity index (χ4v) is 3.34. The van der Waals surface area contributed by atoms with Gasteiger partial charge in [-0.2, -0.15) is 0 Å². The second-order valence-electron chi connectivity index (χ2n) is 7.02. The van der Waals surface area contributed by atoms with Crippen molar-refractivity contribution in [2.24, 2.45) is 5.73 Å². The SMILES string of the molecule is COC1(C)CN(c2ccc(C(C)(C(N)=O)C3CNC(=O)O3)cc2F)C1. The molecular weight excluding hydrogens is 329 g/mol. The summed E-state index contributed by atoms with van der Waals surface area (Å²) < 4.78 is 25.2. The minimum Gasteiger partial charge on any atom is -0.443 e. The van der Waals surface area contributed by atoms with Gasteiger partial charge in [-0.15, -0.1) is 0 Å². The Morgan fingerprint density at radius 3 is 2.68 bits per heavy atom. The first-order chi connectivity index (χ1) is 11.7. The van der Waals surface area contributed by atoms with Crippen molar-refractivity contribution in [1.82, 2.24) is 5.32 Å². The molecule has 1 aromatic carbocycles. The van der Waals surface area contributed by atoms with Gasteiger partial charge in [-0.3, -0.25) is 4.79 Å². The number of nitrogens with two attached hydrogens (primary N) is 1. The smallest absolute Gasteiger partial charge is 0.407 e. The number of benzene rings is 1. The Kier molecular flexibility index (Phi) is 4.10. The van der Waals surface area contributed by atoms with Gasteiger partial charge in [0.2, 0.25) is 5.91 Å². The Balaban J connectivity index is 1.88. The van der Waals surface area contributed by atoms with Crippen LogP contribution in [0.3, 0.4) is 0 Å². The number of alkyl carbamates (subject to hydrolysis) is 1. The maximum atomic E-state index is 14.7. The van der Waals surface area contributed by atoms with Crippen LogP contribution in [-0.2, 0) is 19.7 Å². The molecule has 2 fully saturated rings. The topological polar surface area (TPSA) is 93.9 Å². The number of hydrogen-bond acceptors (Lipinski definition) is 5. The van der Waals surface area contributed by atoms with E-state index in [4.69, 9.17) is 15.2 Å². The summed E-state index contributed by atoms with van der Waals surface area (Å²) in [5.41, 5.74) is 4.76. The highest BCUT2D eigenvalue weighted by atomic mass is 19.1. The highest BCUT2D eigenvalue weighted by Crippen LogP contribution is 2.36. The lowest BCUT2D eigenvalue weighted by atomic mass is 9.76. The molecule has 2 aliphatic heterocycles. The second kappa shape index (κ2) is 5.87. The van der Waals surface area contributed by atoms with E-state index < -0.39 is 29.3 Å². The first kappa shape index (κ1) is 17.5. The number of primary amides is 1. The standard InChI is InChI=1S/C17H22FN3O4/c1-16(24-3)8-21(9-16)12-5-4-10(6-11(12)18)17(2,14(19)22)13-7-20-15(23)25-13/h4-6,13H,7-9H2,1-3H3,(H2,19,22)(H,20,23). The molecule has 0 radical (unpaired) electrons. The summed E-state index contributed by atoms with van der Waals surface area (Å²) in [5.74, 6) is -1.14. The molecule has 2 amide bonds. The average Bonchev–Trinajstić information content (AvgIpc) is 2.98. The molecule has 3 N–H and O–H groups in total. The molecule has 2 unspecified atom stereocenters. The van der Waals surface area contributed by atoms with Gasteiger partial charge in [-0.25, -0.2) is 9.18 Å². The van der Waals surface area contributed by atoms with Gasteiger partial charge >= 0.3 is 6.09 Å². The predicted molar refractivity (Wildman–Crippen MR) is 88.8 cm³/mol. The Morgan fingerprint density at radius 1 is 1.52 bits per heavy atom. The summed E-state index contributed by atoms with van der Waals surface area (Å²) in [7, 11) is 1.63. The lowest BCUT2D eigenvalue weighted by Crippen LogP contribution is -2.61. The molecule has 0 aliphatic carbocycles. The van der Waals surface area contributed by atoms with E-state index in [-0.39, 0.29) is 12.1 Å². The molecule has 7 nitrogen and oxygen atoms in total. The van der Waals surface area contributed by atoms with Gasteiger partial charge in [0, 0.05) is 20.2 Å². The third-order valence-electron chi connectivity index (χ3n) is 5.27. The number of methoxy groups -OCH3 is 1. The summed E-state index contributed by atoms with van der Waals surface area (Å²) in [6.45, 7) is 4.82. The molecule has 0 saturated carbocycles. The number of halogens is 1. The maximum absolute atomic E-state index is 14.7. The molecule has 0 aromatic heterocycles. The zero-order chi connectivity index (χ0) is 18.4. The number of nitrogens with one attached hydrogen (secondary N) is 1. The van der Waals surface area contributed by atoms with Gasteiger partial charge in [0.05, 0.1) is 17.8 Å². The predicted octanol–water partition coefficient (Wildman–Crippen LogP) is 0.902. The van der Waals surface area contributed by atoms with Gasteiger partial charge in [-0.1, -0.05) is 6.07 Å². The molecule has 2 saturated heterocycles. The lowest BCUT2D eigenvalue weighted by Gasteiger charge is -2.48. The molecule has 1 aromatic rings. The molecule has 0 spiro atoms. The van der Waals surface area contributed by atoms with Crippen LogP contribution in [0.2, 0.25) is 0 Å². The van der Waals surface area contributed by atoms with Crippen molar-refractivity contribution < 1.29 is 23.5 Å². The van der Waals surface area contributed by atoms with Crippen LogP contribution in [0.25, 0.3) is 0 Å². The van der Waals surface area contributed by atoms with Gasteiger partial charge in [0.1, 0.15) is 17.3 Å². The summed E-state index contributed by atoms with van der Waals surface area (Å²) in [4.78, 5) is 25.3. The quantitative estimate of drug-likeness (QED) is 0.822. The van der Waals surface area contributed by atoms with Gasteiger partial charge in [0.15, 0.2) is 0 Å². The fourth-order valence-electron chi connectivity index (χ4n) is 3.34. The van der Waals surface area contributed by atoms with Gasteiger partial charge < -0.3 is 25.4 Å². The summed E-state index contributed by atoms with van der Waals surface area (Å²) in [6.07, 6.45) is -1.41. The van der Waals surface area contributed by atoms with Gasteiger partial charge in [0.25, 0.3) is 0 Å². The summed E-state index contributed by atoms with van der Waals surface area (Å²) in [6, 6.07) is 4.55. The van der Waals surface area contributed by atoms with Gasteiger partial charge in [-0.05, 0) is 31.5 Å². The zero-order valence-electron chi connectivity index (χ0n) is 14.5. The van der Waals surface area contributed by atoms with Crippen LogP contribution in [0.5, 0.6) is 0 Å². The van der Waals surface area contributed by atoms with Crippen molar-refractivity contribution in [1.29, 1.82) is 0 Å². The van der Waals surface area contributed by atoms with Crippen molar-refractivity contribution >= 4 is 17.7 Å². The van der Waals surface area contributed by atoms with E-state index in [1.165, 1.54) is 6.07 Å². The van der Waals surface area contributed by atoms with Crippen molar-refractivity contribution in [3.63, 3.8) is 0 Å². The lowest BCUT2D eigenvalue weighted by molar-refractivity contribution is -0.126. The number of hydrogen-bond donors (Lipinski definition) is 2. The Morgan fingerprint density at radius 2 is 2.20 bits per heavy atom. The second-order valence-corrected chi connectivity index (χ2v) is 7.02. The highest BCUT2D eigenvalue weighted by molar-refractivity contribution is 5.88. The number of rotatable bonds is 5. The minimum absolute atomic E-state index is 0.139. The third-order valence-corrected chi connectivity index (χ3v) is 5.27. The molecule has 136 valence electrons. The van der Waals surface area contributed by atoms with Crippen LogP contribution in [0.15, 0.2) is 18.2 Å². The largest absolute Gasteiger partial charge is 0.443 e. The van der Waals surface area contributed by atoms with Crippen molar-refractivity contribution in [2.45, 2.75) is 31.0 Å². The van der Waals surface area contributed by atoms with E-state index in [0.29, 0.717) is 24.3 Å². The van der Waals surface area contributed by atoms with Crippen LogP contribution in [0.1, 0.15) is 19.4 Å². The maximum Gasteiger partial charge on any atom is 0.407 e. The number of ether oxygens (including phenoxy) is 2. The molecule has 2 heterocycles. The van der Waals surface area contributed by atoms with Crippen LogP contribution in [0.4, 0.5) is 14.9 Å². The summed E-state index contributed by atoms with van der Waals surface area (Å²) >= 11 is 0. The number of carbonyl (C=O) groups excluding carboxylic acids is 2. The molecule has 2 atom stereocenters. The minimum atomic E-state index is -1.32. The van der Waals surface area contributed by atoms with Crippen LogP contribution in [0, 0.1) is 5.82 Å². The normalized spacial score (nSPS) is 24.1. The summed E-state index contributed by atoms with van der Waals surface area (Å²) in [5, 5.41) is 2.49. The molecule has 3 rings (SSSR count). The van der Waals surface area contributed by atoms with Crippen LogP contribution >= 0.6 is 0 Å². The third kappa shape index (κ3) is 2.80. The van der Waals surface area contributed by atoms with E-state index in [1.54, 1.807) is 26.2 Å². The monoisotopic (exact) mass is 351 g/mol. The fraction of sp³-hybridized carbons (Fsp3) is 0.529. The van der Waals surface area contributed by atoms with Crippen LogP contribution in [-0.4, -0.2) is 50.4 Å². The zero-order valence-corrected chi connectivity index (χ0v) is 14.5. The van der Waals surface area contributed by atoms with E-state index in [2.05, 4.69) is 5.32 Å². The van der Waals surface area contributed by atoms with E-state index in [0.717, 1.165) is 0 Å². The first-order valence-corrected chi connectivity index (χ1v) is 8.04. The molecule has 0 bridgehead atoms. The number of cyclic esters (lactones) is 1. The molecule has 25 heavy (non-hydrogen) atoms. The number of amides is 2. The molecule has 8 heteroatoms. The molecular formula is C17H22FN3O4. The van der Waals surface area contributed by atoms with E-state index >= 15 is 0 Å². The number of carbonyl (C=O) groups is 2. The average molecular weight is 351 g/mol. The first-order valence-electron chi connectivity index (χ1n) is 8.04. The highest BCUT2D eigenvalue weighted by Gasteiger charge is 2.47. The van der Waals surface area contributed by atoms with E-state index in [1.807, 2.05) is 11.8 Å². The Bertz CT molecular complexity index is 720. The van der Waals surface area contributed by atoms with E-state index in [9.17, 15) is 14.0 Å². The van der Waals surface area contributed by atoms with Crippen LogP contribution < -0.4 is 16.0 Å². The number of anilines is 1. The Labute approximate surface area is 145 Å². The number of nitrogens with zero attached hydrogens (tertiary/aromatic N) is 1. The van der Waals surface area contributed by atoms with Crippen molar-refractivity contribution in [3.8, 4) is 0 Å². The molecule has 2 aliphatic rings. The van der Waals surface area contributed by atoms with Crippen molar-refractivity contribution in [3.05, 3.63) is 29.6 Å². The van der Waals surface area contributed by atoms with Crippen molar-refractivity contribution in [2.75, 3.05) is 31.6 Å². The Hall–Kier alpha value is -2.35.